The molecule has 1 aliphatic rings. The summed E-state index contributed by atoms with van der Waals surface area (Å²) in [5.74, 6) is 0.561. The van der Waals surface area contributed by atoms with Crippen LogP contribution in [0.5, 0.6) is 0 Å². The van der Waals surface area contributed by atoms with E-state index in [4.69, 9.17) is 4.98 Å². The second kappa shape index (κ2) is 8.29. The number of hydrogen-bond donors (Lipinski definition) is 1. The Bertz CT molecular complexity index is 910. The molecule has 1 N–H and O–H groups in total. The maximum Gasteiger partial charge on any atom is 0.238 e. The van der Waals surface area contributed by atoms with Gasteiger partial charge in [0.25, 0.3) is 0 Å². The van der Waals surface area contributed by atoms with Gasteiger partial charge < -0.3 is 10.2 Å². The molecule has 1 aliphatic heterocycles. The van der Waals surface area contributed by atoms with Gasteiger partial charge in [0.05, 0.1) is 21.8 Å². The van der Waals surface area contributed by atoms with Crippen LogP contribution in [-0.2, 0) is 4.79 Å². The highest BCUT2D eigenvalue weighted by Gasteiger charge is 2.24. The molecule has 28 heavy (non-hydrogen) atoms. The highest BCUT2D eigenvalue weighted by Crippen LogP contribution is 2.33. The molecular weight excluding hydrogens is 368 g/mol. The highest BCUT2D eigenvalue weighted by molar-refractivity contribution is 7.18. The summed E-state index contributed by atoms with van der Waals surface area (Å²) in [6, 6.07) is 16.3. The van der Waals surface area contributed by atoms with Crippen LogP contribution in [0.25, 0.3) is 10.2 Å². The molecule has 4 rings (SSSR count). The molecule has 146 valence electrons. The number of carbonyl (C=O) groups excluding carboxylic acids is 1. The Balaban J connectivity index is 1.28. The van der Waals surface area contributed by atoms with Crippen molar-refractivity contribution < 1.29 is 4.79 Å². The number of thiazole rings is 1. The molecule has 2 heterocycles. The van der Waals surface area contributed by atoms with Gasteiger partial charge in [0, 0.05) is 31.4 Å². The minimum atomic E-state index is 0.0519. The number of rotatable bonds is 5. The van der Waals surface area contributed by atoms with Gasteiger partial charge in [-0.25, -0.2) is 4.98 Å². The molecule has 1 saturated heterocycles. The van der Waals surface area contributed by atoms with E-state index in [2.05, 4.69) is 28.4 Å². The predicted octanol–water partition coefficient (Wildman–Crippen LogP) is 4.18. The number of carbonyl (C=O) groups is 1. The standard InChI is InChI=1S/C22H26N4OS/c1-25(2)18-9-7-17(8-10-18)23-21(27)15-26-13-11-16(12-14-26)22-24-19-5-3-4-6-20(19)28-22/h3-10,16H,11-15H2,1-2H3,(H,23,27). The third-order valence-electron chi connectivity index (χ3n) is 5.28. The first-order valence-corrected chi connectivity index (χ1v) is 10.6. The normalized spacial score (nSPS) is 15.6. The molecule has 0 saturated carbocycles. The maximum absolute atomic E-state index is 12.4. The molecule has 0 atom stereocenters. The third-order valence-corrected chi connectivity index (χ3v) is 6.48. The van der Waals surface area contributed by atoms with Crippen LogP contribution in [0.3, 0.4) is 0 Å². The molecular formula is C22H26N4OS. The molecule has 3 aromatic rings. The molecule has 5 nitrogen and oxygen atoms in total. The number of para-hydroxylation sites is 1. The Morgan fingerprint density at radius 3 is 2.54 bits per heavy atom. The molecule has 1 fully saturated rings. The van der Waals surface area contributed by atoms with Crippen molar-refractivity contribution in [3.05, 3.63) is 53.5 Å². The first-order valence-electron chi connectivity index (χ1n) is 9.73. The van der Waals surface area contributed by atoms with Gasteiger partial charge in [-0.05, 0) is 62.3 Å². The van der Waals surface area contributed by atoms with Crippen LogP contribution in [0.4, 0.5) is 11.4 Å². The molecule has 1 aromatic heterocycles. The molecule has 0 unspecified atom stereocenters. The van der Waals surface area contributed by atoms with E-state index in [0.717, 1.165) is 42.8 Å². The number of amides is 1. The summed E-state index contributed by atoms with van der Waals surface area (Å²) in [5.41, 5.74) is 3.07. The third kappa shape index (κ3) is 4.34. The van der Waals surface area contributed by atoms with E-state index in [-0.39, 0.29) is 5.91 Å². The van der Waals surface area contributed by atoms with Crippen LogP contribution in [-0.4, -0.2) is 49.5 Å². The van der Waals surface area contributed by atoms with Crippen molar-refractivity contribution in [1.29, 1.82) is 0 Å². The topological polar surface area (TPSA) is 48.5 Å². The van der Waals surface area contributed by atoms with Crippen molar-refractivity contribution in [2.45, 2.75) is 18.8 Å². The zero-order valence-electron chi connectivity index (χ0n) is 16.4. The Morgan fingerprint density at radius 1 is 1.14 bits per heavy atom. The first-order chi connectivity index (χ1) is 13.6. The summed E-state index contributed by atoms with van der Waals surface area (Å²) in [5, 5.41) is 4.25. The van der Waals surface area contributed by atoms with Crippen LogP contribution in [0, 0.1) is 0 Å². The van der Waals surface area contributed by atoms with E-state index >= 15 is 0 Å². The molecule has 0 radical (unpaired) electrons. The Kier molecular flexibility index (Phi) is 5.59. The highest BCUT2D eigenvalue weighted by atomic mass is 32.1. The minimum absolute atomic E-state index is 0.0519. The van der Waals surface area contributed by atoms with Crippen molar-refractivity contribution >= 4 is 38.8 Å². The summed E-state index contributed by atoms with van der Waals surface area (Å²) in [7, 11) is 4.01. The summed E-state index contributed by atoms with van der Waals surface area (Å²) in [4.78, 5) is 21.5. The maximum atomic E-state index is 12.4. The minimum Gasteiger partial charge on any atom is -0.378 e. The number of aromatic nitrogens is 1. The Hall–Kier alpha value is -2.44. The Labute approximate surface area is 170 Å². The zero-order chi connectivity index (χ0) is 19.5. The number of fused-ring (bicyclic) bond motifs is 1. The lowest BCUT2D eigenvalue weighted by Crippen LogP contribution is -2.38. The second-order valence-corrected chi connectivity index (χ2v) is 8.62. The quantitative estimate of drug-likeness (QED) is 0.705. The van der Waals surface area contributed by atoms with Gasteiger partial charge in [0.15, 0.2) is 0 Å². The summed E-state index contributed by atoms with van der Waals surface area (Å²) >= 11 is 1.81. The number of nitrogens with one attached hydrogen (secondary N) is 1. The van der Waals surface area contributed by atoms with Crippen molar-refractivity contribution in [2.24, 2.45) is 0 Å². The number of anilines is 2. The smallest absolute Gasteiger partial charge is 0.238 e. The van der Waals surface area contributed by atoms with Crippen LogP contribution < -0.4 is 10.2 Å². The van der Waals surface area contributed by atoms with Crippen LogP contribution in [0.2, 0.25) is 0 Å². The van der Waals surface area contributed by atoms with Gasteiger partial charge in [0.1, 0.15) is 0 Å². The molecule has 1 amide bonds. The average Bonchev–Trinajstić information content (AvgIpc) is 3.13. The van der Waals surface area contributed by atoms with Gasteiger partial charge in [-0.2, -0.15) is 0 Å². The van der Waals surface area contributed by atoms with E-state index < -0.39 is 0 Å². The van der Waals surface area contributed by atoms with Gasteiger partial charge in [-0.3, -0.25) is 9.69 Å². The van der Waals surface area contributed by atoms with E-state index in [9.17, 15) is 4.79 Å². The number of likely N-dealkylation sites (tertiary alicyclic amines) is 1. The lowest BCUT2D eigenvalue weighted by atomic mass is 9.97. The van der Waals surface area contributed by atoms with Crippen molar-refractivity contribution in [3.8, 4) is 0 Å². The van der Waals surface area contributed by atoms with E-state index in [1.807, 2.05) is 60.7 Å². The second-order valence-electron chi connectivity index (χ2n) is 7.56. The molecule has 6 heteroatoms. The summed E-state index contributed by atoms with van der Waals surface area (Å²) < 4.78 is 1.26. The number of benzene rings is 2. The van der Waals surface area contributed by atoms with Crippen LogP contribution in [0.15, 0.2) is 48.5 Å². The van der Waals surface area contributed by atoms with Crippen molar-refractivity contribution in [2.75, 3.05) is 43.9 Å². The van der Waals surface area contributed by atoms with Gasteiger partial charge in [-0.1, -0.05) is 12.1 Å². The SMILES string of the molecule is CN(C)c1ccc(NC(=O)CN2CCC(c3nc4ccccc4s3)CC2)cc1. The first kappa shape index (κ1) is 18.9. The number of hydrogen-bond acceptors (Lipinski definition) is 5. The van der Waals surface area contributed by atoms with E-state index in [1.54, 1.807) is 0 Å². The lowest BCUT2D eigenvalue weighted by molar-refractivity contribution is -0.117. The number of nitrogens with zero attached hydrogens (tertiary/aromatic N) is 3. The largest absolute Gasteiger partial charge is 0.378 e. The zero-order valence-corrected chi connectivity index (χ0v) is 17.2. The van der Waals surface area contributed by atoms with Gasteiger partial charge in [-0.15, -0.1) is 11.3 Å². The fourth-order valence-corrected chi connectivity index (χ4v) is 4.79. The molecule has 0 aliphatic carbocycles. The fraction of sp³-hybridized carbons (Fsp3) is 0.364. The Morgan fingerprint density at radius 2 is 1.86 bits per heavy atom. The molecule has 2 aromatic carbocycles. The molecule has 0 spiro atoms. The van der Waals surface area contributed by atoms with Gasteiger partial charge in [0.2, 0.25) is 5.91 Å². The molecule has 0 bridgehead atoms. The predicted molar refractivity (Wildman–Crippen MR) is 117 cm³/mol. The average molecular weight is 395 g/mol. The van der Waals surface area contributed by atoms with Crippen LogP contribution in [0.1, 0.15) is 23.8 Å². The lowest BCUT2D eigenvalue weighted by Gasteiger charge is -2.30. The summed E-state index contributed by atoms with van der Waals surface area (Å²) in [6.45, 7) is 2.32. The van der Waals surface area contributed by atoms with E-state index in [0.29, 0.717) is 12.5 Å². The van der Waals surface area contributed by atoms with E-state index in [1.165, 1.54) is 9.71 Å². The van der Waals surface area contributed by atoms with Crippen molar-refractivity contribution in [1.82, 2.24) is 9.88 Å². The monoisotopic (exact) mass is 394 g/mol. The van der Waals surface area contributed by atoms with Gasteiger partial charge >= 0.3 is 0 Å². The van der Waals surface area contributed by atoms with Crippen molar-refractivity contribution in [3.63, 3.8) is 0 Å². The fourth-order valence-electron chi connectivity index (χ4n) is 3.65. The summed E-state index contributed by atoms with van der Waals surface area (Å²) in [6.07, 6.45) is 2.12. The van der Waals surface area contributed by atoms with Crippen LogP contribution >= 0.6 is 11.3 Å². The number of piperidine rings is 1.